The third-order valence-corrected chi connectivity index (χ3v) is 4.32. The number of aliphatic hydroxyl groups is 1. The summed E-state index contributed by atoms with van der Waals surface area (Å²) in [7, 11) is 2.09. The lowest BCUT2D eigenvalue weighted by Crippen LogP contribution is -2.34. The van der Waals surface area contributed by atoms with Gasteiger partial charge in [-0.05, 0) is 43.5 Å². The van der Waals surface area contributed by atoms with Crippen molar-refractivity contribution in [3.05, 3.63) is 34.3 Å². The zero-order valence-electron chi connectivity index (χ0n) is 11.4. The molecule has 1 aromatic carbocycles. The number of benzene rings is 1. The molecule has 0 spiro atoms. The fraction of sp³-hybridized carbons (Fsp3) is 0.600. The van der Waals surface area contributed by atoms with E-state index in [9.17, 15) is 5.11 Å². The average molecular weight is 328 g/mol. The van der Waals surface area contributed by atoms with Crippen molar-refractivity contribution < 1.29 is 9.84 Å². The summed E-state index contributed by atoms with van der Waals surface area (Å²) in [4.78, 5) is 2.26. The minimum atomic E-state index is 0.0698. The van der Waals surface area contributed by atoms with E-state index in [0.717, 1.165) is 42.6 Å². The van der Waals surface area contributed by atoms with Gasteiger partial charge in [-0.25, -0.2) is 0 Å². The van der Waals surface area contributed by atoms with Gasteiger partial charge in [-0.15, -0.1) is 0 Å². The van der Waals surface area contributed by atoms with Gasteiger partial charge in [0.05, 0.1) is 12.6 Å². The monoisotopic (exact) mass is 327 g/mol. The Hall–Kier alpha value is -0.420. The lowest BCUT2D eigenvalue weighted by molar-refractivity contribution is 0.0444. The molecule has 1 aromatic rings. The summed E-state index contributed by atoms with van der Waals surface area (Å²) in [6.45, 7) is 2.91. The van der Waals surface area contributed by atoms with Crippen molar-refractivity contribution in [2.75, 3.05) is 33.4 Å². The highest BCUT2D eigenvalue weighted by Gasteiger charge is 2.21. The van der Waals surface area contributed by atoms with Gasteiger partial charge in [-0.1, -0.05) is 28.1 Å². The van der Waals surface area contributed by atoms with Crippen molar-refractivity contribution in [2.45, 2.75) is 18.9 Å². The first-order chi connectivity index (χ1) is 9.20. The Morgan fingerprint density at radius 2 is 2.16 bits per heavy atom. The molecule has 1 heterocycles. The Balaban J connectivity index is 1.99. The van der Waals surface area contributed by atoms with Crippen LogP contribution in [0.15, 0.2) is 28.7 Å². The zero-order valence-corrected chi connectivity index (χ0v) is 13.0. The van der Waals surface area contributed by atoms with Crippen molar-refractivity contribution in [1.82, 2.24) is 4.90 Å². The fourth-order valence-corrected chi connectivity index (χ4v) is 3.09. The van der Waals surface area contributed by atoms with Gasteiger partial charge in [0.15, 0.2) is 0 Å². The van der Waals surface area contributed by atoms with E-state index >= 15 is 0 Å². The van der Waals surface area contributed by atoms with Crippen LogP contribution in [0.4, 0.5) is 0 Å². The number of rotatable bonds is 5. The zero-order chi connectivity index (χ0) is 13.7. The second-order valence-corrected chi connectivity index (χ2v) is 6.16. The van der Waals surface area contributed by atoms with E-state index in [4.69, 9.17) is 4.74 Å². The van der Waals surface area contributed by atoms with E-state index in [1.54, 1.807) is 0 Å². The van der Waals surface area contributed by atoms with Crippen LogP contribution in [0, 0.1) is 5.92 Å². The molecule has 0 aliphatic carbocycles. The van der Waals surface area contributed by atoms with Gasteiger partial charge in [-0.3, -0.25) is 4.90 Å². The molecule has 1 aliphatic heterocycles. The molecule has 1 atom stereocenters. The molecule has 2 rings (SSSR count). The summed E-state index contributed by atoms with van der Waals surface area (Å²) in [5, 5.41) is 9.69. The minimum Gasteiger partial charge on any atom is -0.394 e. The first-order valence-electron chi connectivity index (χ1n) is 6.85. The largest absolute Gasteiger partial charge is 0.394 e. The van der Waals surface area contributed by atoms with Crippen molar-refractivity contribution in [2.24, 2.45) is 5.92 Å². The highest BCUT2D eigenvalue weighted by Crippen LogP contribution is 2.25. The number of halogens is 1. The molecular formula is C15H22BrNO2. The molecule has 0 saturated carbocycles. The molecule has 106 valence electrons. The van der Waals surface area contributed by atoms with Crippen molar-refractivity contribution in [1.29, 1.82) is 0 Å². The van der Waals surface area contributed by atoms with Gasteiger partial charge in [-0.2, -0.15) is 0 Å². The third-order valence-electron chi connectivity index (χ3n) is 3.83. The fourth-order valence-electron chi connectivity index (χ4n) is 2.68. The quantitative estimate of drug-likeness (QED) is 0.902. The minimum absolute atomic E-state index is 0.0698. The van der Waals surface area contributed by atoms with Crippen LogP contribution in [0.2, 0.25) is 0 Å². The Kier molecular flexibility index (Phi) is 5.82. The Bertz CT molecular complexity index is 393. The van der Waals surface area contributed by atoms with Crippen LogP contribution in [0.1, 0.15) is 24.4 Å². The molecule has 0 bridgehead atoms. The number of nitrogens with zero attached hydrogens (tertiary/aromatic N) is 1. The Morgan fingerprint density at radius 1 is 1.42 bits per heavy atom. The number of ether oxygens (including phenoxy) is 1. The third kappa shape index (κ3) is 4.28. The molecule has 1 unspecified atom stereocenters. The van der Waals surface area contributed by atoms with Crippen molar-refractivity contribution >= 4 is 15.9 Å². The van der Waals surface area contributed by atoms with E-state index in [0.29, 0.717) is 5.92 Å². The maximum Gasteiger partial charge on any atom is 0.0628 e. The van der Waals surface area contributed by atoms with Gasteiger partial charge < -0.3 is 9.84 Å². The molecule has 1 fully saturated rings. The van der Waals surface area contributed by atoms with E-state index in [-0.39, 0.29) is 12.6 Å². The second-order valence-electron chi connectivity index (χ2n) is 5.25. The summed E-state index contributed by atoms with van der Waals surface area (Å²) >= 11 is 3.49. The predicted molar refractivity (Wildman–Crippen MR) is 80.1 cm³/mol. The number of hydrogen-bond donors (Lipinski definition) is 1. The van der Waals surface area contributed by atoms with Crippen molar-refractivity contribution in [3.63, 3.8) is 0 Å². The van der Waals surface area contributed by atoms with Gasteiger partial charge in [0.25, 0.3) is 0 Å². The van der Waals surface area contributed by atoms with Gasteiger partial charge in [0, 0.05) is 24.2 Å². The molecule has 1 saturated heterocycles. The Morgan fingerprint density at radius 3 is 2.79 bits per heavy atom. The molecule has 19 heavy (non-hydrogen) atoms. The van der Waals surface area contributed by atoms with Crippen LogP contribution in [0.3, 0.4) is 0 Å². The lowest BCUT2D eigenvalue weighted by Gasteiger charge is -2.32. The van der Waals surface area contributed by atoms with Crippen LogP contribution < -0.4 is 0 Å². The summed E-state index contributed by atoms with van der Waals surface area (Å²) < 4.78 is 6.45. The standard InChI is InChI=1S/C15H22BrNO2/c1-17(10-12-5-7-19-8-6-12)15(11-18)13-3-2-4-14(16)9-13/h2-4,9,12,15,18H,5-8,10-11H2,1H3. The second kappa shape index (κ2) is 7.39. The van der Waals surface area contributed by atoms with Crippen LogP contribution >= 0.6 is 15.9 Å². The highest BCUT2D eigenvalue weighted by atomic mass is 79.9. The van der Waals surface area contributed by atoms with Gasteiger partial charge >= 0.3 is 0 Å². The molecule has 0 radical (unpaired) electrons. The number of likely N-dealkylation sites (N-methyl/N-ethyl adjacent to an activating group) is 1. The first-order valence-corrected chi connectivity index (χ1v) is 7.64. The summed E-state index contributed by atoms with van der Waals surface area (Å²) in [5.41, 5.74) is 1.16. The van der Waals surface area contributed by atoms with Crippen LogP contribution in [-0.2, 0) is 4.74 Å². The van der Waals surface area contributed by atoms with E-state index < -0.39 is 0 Å². The van der Waals surface area contributed by atoms with Crippen molar-refractivity contribution in [3.8, 4) is 0 Å². The van der Waals surface area contributed by atoms with Gasteiger partial charge in [0.2, 0.25) is 0 Å². The maximum atomic E-state index is 9.69. The molecule has 3 nitrogen and oxygen atoms in total. The SMILES string of the molecule is CN(CC1CCOCC1)C(CO)c1cccc(Br)c1. The summed E-state index contributed by atoms with van der Waals surface area (Å²) in [6.07, 6.45) is 2.25. The molecule has 0 aromatic heterocycles. The maximum absolute atomic E-state index is 9.69. The Labute approximate surface area is 123 Å². The van der Waals surface area contributed by atoms with E-state index in [2.05, 4.69) is 40.0 Å². The number of aliphatic hydroxyl groups excluding tert-OH is 1. The van der Waals surface area contributed by atoms with Crippen LogP contribution in [0.25, 0.3) is 0 Å². The smallest absolute Gasteiger partial charge is 0.0628 e. The molecule has 0 amide bonds. The molecular weight excluding hydrogens is 306 g/mol. The summed E-state index contributed by atoms with van der Waals surface area (Å²) in [6, 6.07) is 8.26. The van der Waals surface area contributed by atoms with Gasteiger partial charge in [0.1, 0.15) is 0 Å². The number of hydrogen-bond acceptors (Lipinski definition) is 3. The summed E-state index contributed by atoms with van der Waals surface area (Å²) in [5.74, 6) is 0.681. The molecule has 1 aliphatic rings. The molecule has 1 N–H and O–H groups in total. The predicted octanol–water partition coefficient (Wildman–Crippen LogP) is 2.84. The lowest BCUT2D eigenvalue weighted by atomic mass is 9.98. The van der Waals surface area contributed by atoms with Crippen LogP contribution in [0.5, 0.6) is 0 Å². The molecule has 4 heteroatoms. The van der Waals surface area contributed by atoms with Crippen LogP contribution in [-0.4, -0.2) is 43.4 Å². The van der Waals surface area contributed by atoms with E-state index in [1.807, 2.05) is 12.1 Å². The van der Waals surface area contributed by atoms with E-state index in [1.165, 1.54) is 0 Å². The highest BCUT2D eigenvalue weighted by molar-refractivity contribution is 9.10. The topological polar surface area (TPSA) is 32.7 Å². The normalized spacial score (nSPS) is 18.7. The average Bonchev–Trinajstić information content (AvgIpc) is 2.41. The first kappa shape index (κ1) is 15.0.